The molecule has 0 radical (unpaired) electrons. The Morgan fingerprint density at radius 2 is 0.939 bits per heavy atom. The van der Waals surface area contributed by atoms with Crippen LogP contribution in [0.2, 0.25) is 0 Å². The first kappa shape index (κ1) is 32.1. The molecule has 0 aliphatic heterocycles. The molecule has 3 N–H and O–H groups in total. The molecule has 0 rings (SSSR count). The van der Waals surface area contributed by atoms with E-state index in [9.17, 15) is 24.9 Å². The van der Waals surface area contributed by atoms with Crippen molar-refractivity contribution in [3.8, 4) is 0 Å². The van der Waals surface area contributed by atoms with E-state index >= 15 is 0 Å². The van der Waals surface area contributed by atoms with Gasteiger partial charge in [0, 0.05) is 6.42 Å². The molecule has 0 spiro atoms. The smallest absolute Gasteiger partial charge is 0.316 e. The van der Waals surface area contributed by atoms with Crippen molar-refractivity contribution >= 4 is 11.8 Å². The van der Waals surface area contributed by atoms with Gasteiger partial charge in [0.15, 0.2) is 5.78 Å². The van der Waals surface area contributed by atoms with E-state index in [-0.39, 0.29) is 6.42 Å². The van der Waals surface area contributed by atoms with Gasteiger partial charge in [-0.2, -0.15) is 0 Å². The summed E-state index contributed by atoms with van der Waals surface area (Å²) in [4.78, 5) is 24.0. The molecule has 0 heterocycles. The second-order valence-corrected chi connectivity index (χ2v) is 9.94. The summed E-state index contributed by atoms with van der Waals surface area (Å²) in [5.74, 6) is -3.25. The summed E-state index contributed by atoms with van der Waals surface area (Å²) in [5.41, 5.74) is 0. The maximum atomic E-state index is 12.5. The van der Waals surface area contributed by atoms with Gasteiger partial charge in [-0.05, 0) is 12.8 Å². The number of Topliss-reactive ketones (excluding diaryl/α,β-unsaturated/α-hetero) is 1. The number of carboxylic acids is 1. The quantitative estimate of drug-likeness (QED) is 0.0967. The Bertz CT molecular complexity index is 465. The van der Waals surface area contributed by atoms with Crippen LogP contribution in [0.25, 0.3) is 0 Å². The average molecular weight is 471 g/mol. The topological polar surface area (TPSA) is 94.8 Å². The van der Waals surface area contributed by atoms with Gasteiger partial charge >= 0.3 is 5.97 Å². The molecule has 3 atom stereocenters. The van der Waals surface area contributed by atoms with Crippen molar-refractivity contribution in [3.63, 3.8) is 0 Å². The Kier molecular flexibility index (Phi) is 22.2. The minimum absolute atomic E-state index is 0.178. The van der Waals surface area contributed by atoms with Crippen LogP contribution in [0.15, 0.2) is 0 Å². The highest BCUT2D eigenvalue weighted by Gasteiger charge is 2.33. The lowest BCUT2D eigenvalue weighted by molar-refractivity contribution is -0.151. The second kappa shape index (κ2) is 22.8. The number of aliphatic hydroxyl groups is 2. The van der Waals surface area contributed by atoms with E-state index in [1.54, 1.807) is 0 Å². The molecule has 0 fully saturated rings. The predicted octanol–water partition coefficient (Wildman–Crippen LogP) is 7.21. The summed E-state index contributed by atoms with van der Waals surface area (Å²) in [5, 5.41) is 30.0. The van der Waals surface area contributed by atoms with Crippen LogP contribution < -0.4 is 0 Å². The molecule has 33 heavy (non-hydrogen) atoms. The lowest BCUT2D eigenvalue weighted by atomic mass is 9.89. The lowest BCUT2D eigenvalue weighted by Gasteiger charge is -2.19. The number of unbranched alkanes of at least 4 members (excludes halogenated alkanes) is 16. The van der Waals surface area contributed by atoms with Crippen molar-refractivity contribution in [3.05, 3.63) is 0 Å². The average Bonchev–Trinajstić information content (AvgIpc) is 2.76. The summed E-state index contributed by atoms with van der Waals surface area (Å²) in [6.07, 6.45) is 19.6. The number of hydrogen-bond acceptors (Lipinski definition) is 4. The van der Waals surface area contributed by atoms with Crippen molar-refractivity contribution < 1.29 is 24.9 Å². The van der Waals surface area contributed by atoms with Crippen LogP contribution in [0.4, 0.5) is 0 Å². The lowest BCUT2D eigenvalue weighted by Crippen LogP contribution is -2.36. The zero-order chi connectivity index (χ0) is 24.7. The summed E-state index contributed by atoms with van der Waals surface area (Å²) in [6, 6.07) is 0. The highest BCUT2D eigenvalue weighted by molar-refractivity contribution is 5.99. The van der Waals surface area contributed by atoms with Crippen molar-refractivity contribution in [1.82, 2.24) is 0 Å². The van der Waals surface area contributed by atoms with E-state index in [4.69, 9.17) is 0 Å². The van der Waals surface area contributed by atoms with Crippen LogP contribution in [-0.4, -0.2) is 39.3 Å². The Morgan fingerprint density at radius 3 is 1.33 bits per heavy atom. The second-order valence-electron chi connectivity index (χ2n) is 9.94. The number of ketones is 1. The fourth-order valence-electron chi connectivity index (χ4n) is 4.50. The van der Waals surface area contributed by atoms with E-state index < -0.39 is 29.9 Å². The van der Waals surface area contributed by atoms with Gasteiger partial charge in [0.2, 0.25) is 0 Å². The third-order valence-corrected chi connectivity index (χ3v) is 6.68. The summed E-state index contributed by atoms with van der Waals surface area (Å²) < 4.78 is 0. The van der Waals surface area contributed by atoms with Crippen LogP contribution in [0.3, 0.4) is 0 Å². The first-order valence-electron chi connectivity index (χ1n) is 14.1. The number of aliphatic carboxylic acids is 1. The molecule has 0 aromatic carbocycles. The Hall–Kier alpha value is -0.940. The largest absolute Gasteiger partial charge is 0.481 e. The number of carboxylic acid groups (broad SMARTS) is 1. The van der Waals surface area contributed by atoms with Gasteiger partial charge < -0.3 is 15.3 Å². The summed E-state index contributed by atoms with van der Waals surface area (Å²) in [7, 11) is 0. The minimum Gasteiger partial charge on any atom is -0.481 e. The van der Waals surface area contributed by atoms with Crippen molar-refractivity contribution in [2.45, 2.75) is 161 Å². The number of carbonyl (C=O) groups is 2. The van der Waals surface area contributed by atoms with Crippen molar-refractivity contribution in [1.29, 1.82) is 0 Å². The molecule has 0 aliphatic rings. The first-order valence-corrected chi connectivity index (χ1v) is 14.1. The molecular weight excluding hydrogens is 416 g/mol. The molecular formula is C28H54O5. The number of carbonyl (C=O) groups excluding carboxylic acids is 1. The molecule has 0 aromatic rings. The van der Waals surface area contributed by atoms with Crippen LogP contribution >= 0.6 is 0 Å². The molecule has 5 nitrogen and oxygen atoms in total. The number of rotatable bonds is 25. The van der Waals surface area contributed by atoms with Gasteiger partial charge in [-0.15, -0.1) is 0 Å². The maximum absolute atomic E-state index is 12.5. The Labute approximate surface area is 203 Å². The maximum Gasteiger partial charge on any atom is 0.316 e. The first-order chi connectivity index (χ1) is 15.9. The van der Waals surface area contributed by atoms with E-state index in [1.165, 1.54) is 77.0 Å². The van der Waals surface area contributed by atoms with Gasteiger partial charge in [0.25, 0.3) is 0 Å². The molecule has 0 aliphatic carbocycles. The third kappa shape index (κ3) is 19.1. The fourth-order valence-corrected chi connectivity index (χ4v) is 4.50. The van der Waals surface area contributed by atoms with Crippen LogP contribution in [-0.2, 0) is 9.59 Å². The van der Waals surface area contributed by atoms with Gasteiger partial charge in [-0.3, -0.25) is 9.59 Å². The Balaban J connectivity index is 3.98. The van der Waals surface area contributed by atoms with E-state index in [2.05, 4.69) is 13.8 Å². The molecule has 3 unspecified atom stereocenters. The van der Waals surface area contributed by atoms with Gasteiger partial charge in [-0.1, -0.05) is 129 Å². The molecule has 196 valence electrons. The van der Waals surface area contributed by atoms with Crippen LogP contribution in [0.1, 0.15) is 149 Å². The van der Waals surface area contributed by atoms with Crippen molar-refractivity contribution in [2.24, 2.45) is 5.92 Å². The third-order valence-electron chi connectivity index (χ3n) is 6.68. The highest BCUT2D eigenvalue weighted by Crippen LogP contribution is 2.19. The fraction of sp³-hybridized carbons (Fsp3) is 0.929. The molecule has 0 bridgehead atoms. The predicted molar refractivity (Wildman–Crippen MR) is 136 cm³/mol. The molecule has 0 aromatic heterocycles. The van der Waals surface area contributed by atoms with Crippen molar-refractivity contribution in [2.75, 3.05) is 0 Å². The van der Waals surface area contributed by atoms with E-state index in [0.717, 1.165) is 38.5 Å². The molecule has 0 saturated heterocycles. The molecule has 5 heteroatoms. The summed E-state index contributed by atoms with van der Waals surface area (Å²) >= 11 is 0. The monoisotopic (exact) mass is 470 g/mol. The molecule has 0 amide bonds. The molecule has 0 saturated carbocycles. The van der Waals surface area contributed by atoms with E-state index in [1.807, 2.05) is 0 Å². The number of hydrogen-bond donors (Lipinski definition) is 3. The Morgan fingerprint density at radius 1 is 0.576 bits per heavy atom. The SMILES string of the molecule is CCCCCCCCCCCC(O)CC(=O)C(C(=O)O)C(O)CCCCCCCCCCC. The highest BCUT2D eigenvalue weighted by atomic mass is 16.4. The van der Waals surface area contributed by atoms with E-state index in [0.29, 0.717) is 12.8 Å². The zero-order valence-corrected chi connectivity index (χ0v) is 21.7. The van der Waals surface area contributed by atoms with Crippen LogP contribution in [0.5, 0.6) is 0 Å². The minimum atomic E-state index is -1.42. The van der Waals surface area contributed by atoms with Gasteiger partial charge in [-0.25, -0.2) is 0 Å². The standard InChI is InChI=1S/C28H54O5/c1-3-5-7-9-11-13-15-17-19-21-24(29)23-26(31)27(28(32)33)25(30)22-20-18-16-14-12-10-8-6-4-2/h24-25,27,29-30H,3-23H2,1-2H3,(H,32,33). The summed E-state index contributed by atoms with van der Waals surface area (Å²) in [6.45, 7) is 4.42. The van der Waals surface area contributed by atoms with Crippen LogP contribution in [0, 0.1) is 5.92 Å². The van der Waals surface area contributed by atoms with Gasteiger partial charge in [0.1, 0.15) is 5.92 Å². The normalized spacial score (nSPS) is 14.2. The number of aliphatic hydroxyl groups excluding tert-OH is 2. The zero-order valence-electron chi connectivity index (χ0n) is 21.7. The van der Waals surface area contributed by atoms with Gasteiger partial charge in [0.05, 0.1) is 12.2 Å².